The Hall–Kier alpha value is -0.810. The van der Waals surface area contributed by atoms with E-state index in [1.165, 1.54) is 0 Å². The highest BCUT2D eigenvalue weighted by molar-refractivity contribution is 5.55. The molecule has 0 aromatic carbocycles. The molecule has 0 aliphatic carbocycles. The lowest BCUT2D eigenvalue weighted by Crippen LogP contribution is -1.63. The zero-order valence-electron chi connectivity index (χ0n) is 4.56. The zero-order chi connectivity index (χ0) is 5.70. The van der Waals surface area contributed by atoms with E-state index in [1.807, 2.05) is 6.92 Å². The van der Waals surface area contributed by atoms with Gasteiger partial charge in [0.05, 0.1) is 0 Å². The summed E-state index contributed by atoms with van der Waals surface area (Å²) in [4.78, 5) is 9.68. The Kier molecular flexibility index (Phi) is 2.99. The molecular formula is C6H8O. The van der Waals surface area contributed by atoms with Gasteiger partial charge in [0.25, 0.3) is 0 Å². The monoisotopic (exact) mass is 96.1 g/mol. The van der Waals surface area contributed by atoms with Crippen LogP contribution in [0.4, 0.5) is 0 Å². The van der Waals surface area contributed by atoms with Crippen LogP contribution in [-0.2, 0) is 4.79 Å². The van der Waals surface area contributed by atoms with Crippen LogP contribution in [0, 0.1) is 0 Å². The lowest BCUT2D eigenvalue weighted by Gasteiger charge is -1.72. The van der Waals surface area contributed by atoms with E-state index in [-0.39, 0.29) is 0 Å². The molecule has 0 rings (SSSR count). The van der Waals surface area contributed by atoms with Gasteiger partial charge in [-0.2, -0.15) is 0 Å². The quantitative estimate of drug-likeness (QED) is 0.355. The van der Waals surface area contributed by atoms with Crippen molar-refractivity contribution < 1.29 is 4.79 Å². The van der Waals surface area contributed by atoms with Crippen LogP contribution in [0.1, 0.15) is 13.8 Å². The molecule has 0 heterocycles. The van der Waals surface area contributed by atoms with Crippen molar-refractivity contribution in [1.29, 1.82) is 0 Å². The first-order valence-corrected chi connectivity index (χ1v) is 2.15. The van der Waals surface area contributed by atoms with E-state index in [0.717, 1.165) is 0 Å². The van der Waals surface area contributed by atoms with Gasteiger partial charge in [0.15, 0.2) is 0 Å². The molecule has 0 saturated heterocycles. The lowest BCUT2D eigenvalue weighted by atomic mass is 10.3. The van der Waals surface area contributed by atoms with Gasteiger partial charge in [-0.1, -0.05) is 12.2 Å². The fourth-order valence-electron chi connectivity index (χ4n) is 0.284. The molecule has 7 heavy (non-hydrogen) atoms. The van der Waals surface area contributed by atoms with Crippen LogP contribution in [0.2, 0.25) is 0 Å². The molecule has 0 fully saturated rings. The minimum absolute atomic E-state index is 0.641. The number of hydrogen-bond donors (Lipinski definition) is 0. The fraction of sp³-hybridized carbons (Fsp3) is 0.333. The molecular weight excluding hydrogens is 88.1 g/mol. The van der Waals surface area contributed by atoms with Crippen LogP contribution in [0.5, 0.6) is 0 Å². The molecule has 0 aliphatic rings. The Balaban J connectivity index is 3.83. The maximum absolute atomic E-state index is 9.68. The maximum Gasteiger partial charge on any atom is 0.127 e. The summed E-state index contributed by atoms with van der Waals surface area (Å²) in [6, 6.07) is 0. The predicted octanol–water partition coefficient (Wildman–Crippen LogP) is 1.34. The summed E-state index contributed by atoms with van der Waals surface area (Å²) in [7, 11) is 0. The van der Waals surface area contributed by atoms with Gasteiger partial charge in [0.2, 0.25) is 0 Å². The number of hydrogen-bond acceptors (Lipinski definition) is 1. The summed E-state index contributed by atoms with van der Waals surface area (Å²) in [6.07, 6.45) is 3.52. The van der Waals surface area contributed by atoms with Crippen LogP contribution < -0.4 is 0 Å². The number of allylic oxidation sites excluding steroid dienone is 3. The Labute approximate surface area is 43.3 Å². The molecule has 38 valence electrons. The minimum Gasteiger partial charge on any atom is -0.233 e. The van der Waals surface area contributed by atoms with E-state index in [0.29, 0.717) is 5.57 Å². The second-order valence-electron chi connectivity index (χ2n) is 1.29. The minimum atomic E-state index is 0.641. The maximum atomic E-state index is 9.68. The molecule has 1 heteroatoms. The van der Waals surface area contributed by atoms with Gasteiger partial charge < -0.3 is 0 Å². The van der Waals surface area contributed by atoms with Crippen molar-refractivity contribution in [1.82, 2.24) is 0 Å². The van der Waals surface area contributed by atoms with Crippen molar-refractivity contribution in [3.63, 3.8) is 0 Å². The third-order valence-electron chi connectivity index (χ3n) is 0.578. The van der Waals surface area contributed by atoms with E-state index >= 15 is 0 Å². The summed E-state index contributed by atoms with van der Waals surface area (Å²) in [5, 5.41) is 0. The van der Waals surface area contributed by atoms with Crippen LogP contribution in [0.3, 0.4) is 0 Å². The molecule has 0 aromatic heterocycles. The Morgan fingerprint density at radius 1 is 1.71 bits per heavy atom. The van der Waals surface area contributed by atoms with Gasteiger partial charge in [-0.25, -0.2) is 4.79 Å². The van der Waals surface area contributed by atoms with Crippen LogP contribution in [-0.4, -0.2) is 5.94 Å². The standard InChI is InChI=1S/C6H8O/c1-3-4-6(2)5-7/h3-4H,1-2H3. The molecule has 0 bridgehead atoms. The van der Waals surface area contributed by atoms with Crippen molar-refractivity contribution >= 4 is 5.94 Å². The summed E-state index contributed by atoms with van der Waals surface area (Å²) < 4.78 is 0. The highest BCUT2D eigenvalue weighted by atomic mass is 16.1. The lowest BCUT2D eigenvalue weighted by molar-refractivity contribution is 0.567. The van der Waals surface area contributed by atoms with Crippen molar-refractivity contribution in [2.75, 3.05) is 0 Å². The van der Waals surface area contributed by atoms with Crippen LogP contribution in [0.25, 0.3) is 0 Å². The third kappa shape index (κ3) is 3.01. The Morgan fingerprint density at radius 2 is 2.29 bits per heavy atom. The largest absolute Gasteiger partial charge is 0.233 e. The summed E-state index contributed by atoms with van der Waals surface area (Å²) in [5.74, 6) is 1.75. The fourth-order valence-corrected chi connectivity index (χ4v) is 0.284. The van der Waals surface area contributed by atoms with Gasteiger partial charge in [-0.05, 0) is 13.8 Å². The molecule has 0 unspecified atom stereocenters. The predicted molar refractivity (Wildman–Crippen MR) is 29.7 cm³/mol. The van der Waals surface area contributed by atoms with Crippen molar-refractivity contribution in [3.05, 3.63) is 17.7 Å². The van der Waals surface area contributed by atoms with Gasteiger partial charge in [-0.15, -0.1) is 0 Å². The molecule has 0 amide bonds. The van der Waals surface area contributed by atoms with Crippen LogP contribution >= 0.6 is 0 Å². The molecule has 0 N–H and O–H groups in total. The Morgan fingerprint density at radius 3 is 2.43 bits per heavy atom. The molecule has 0 aromatic rings. The van der Waals surface area contributed by atoms with Gasteiger partial charge >= 0.3 is 0 Å². The van der Waals surface area contributed by atoms with Gasteiger partial charge in [-0.3, -0.25) is 0 Å². The molecule has 0 spiro atoms. The first kappa shape index (κ1) is 6.19. The third-order valence-corrected chi connectivity index (χ3v) is 0.578. The number of carbonyl (C=O) groups excluding carboxylic acids is 1. The van der Waals surface area contributed by atoms with Crippen molar-refractivity contribution in [2.45, 2.75) is 13.8 Å². The average molecular weight is 96.1 g/mol. The normalized spacial score (nSPS) is 8.86. The van der Waals surface area contributed by atoms with Crippen molar-refractivity contribution in [3.8, 4) is 0 Å². The van der Waals surface area contributed by atoms with E-state index in [1.54, 1.807) is 25.0 Å². The molecule has 0 atom stereocenters. The Bertz CT molecular complexity index is 116. The van der Waals surface area contributed by atoms with E-state index < -0.39 is 0 Å². The first-order chi connectivity index (χ1) is 3.31. The molecule has 0 radical (unpaired) electrons. The topological polar surface area (TPSA) is 17.1 Å². The number of rotatable bonds is 1. The molecule has 1 nitrogen and oxygen atoms in total. The highest BCUT2D eigenvalue weighted by Crippen LogP contribution is 1.84. The molecule has 0 aliphatic heterocycles. The van der Waals surface area contributed by atoms with E-state index in [2.05, 4.69) is 0 Å². The SMILES string of the molecule is CC=CC(C)=C=O. The first-order valence-electron chi connectivity index (χ1n) is 2.15. The molecule has 0 saturated carbocycles. The van der Waals surface area contributed by atoms with Crippen molar-refractivity contribution in [2.24, 2.45) is 0 Å². The van der Waals surface area contributed by atoms with E-state index in [4.69, 9.17) is 0 Å². The van der Waals surface area contributed by atoms with E-state index in [9.17, 15) is 4.79 Å². The smallest absolute Gasteiger partial charge is 0.127 e. The van der Waals surface area contributed by atoms with Gasteiger partial charge in [0, 0.05) is 5.57 Å². The second kappa shape index (κ2) is 3.38. The highest BCUT2D eigenvalue weighted by Gasteiger charge is 1.72. The van der Waals surface area contributed by atoms with Gasteiger partial charge in [0.1, 0.15) is 5.94 Å². The summed E-state index contributed by atoms with van der Waals surface area (Å²) in [6.45, 7) is 3.58. The summed E-state index contributed by atoms with van der Waals surface area (Å²) >= 11 is 0. The van der Waals surface area contributed by atoms with Crippen LogP contribution in [0.15, 0.2) is 17.7 Å². The zero-order valence-corrected chi connectivity index (χ0v) is 4.56. The summed E-state index contributed by atoms with van der Waals surface area (Å²) in [5.41, 5.74) is 0.641. The average Bonchev–Trinajstić information content (AvgIpc) is 1.68. The second-order valence-corrected chi connectivity index (χ2v) is 1.29.